The Morgan fingerprint density at radius 2 is 2.16 bits per heavy atom. The lowest BCUT2D eigenvalue weighted by atomic mass is 9.84. The predicted octanol–water partition coefficient (Wildman–Crippen LogP) is 2.00. The molecule has 1 aromatic heterocycles. The number of amides is 1. The molecule has 0 unspecified atom stereocenters. The quantitative estimate of drug-likeness (QED) is 0.289. The standard InChI is InChI=1S/C16H29BN4O4/c1-17(23)18-11-14-19-16(25-21-14)13(10-15(22)20-24)9-5-8-12-6-3-2-4-7-12/h12-13,18,23-24H,2-11H2,1H3,(H,20,22)/t13-/m1/s1. The second kappa shape index (κ2) is 10.5. The third-order valence-corrected chi connectivity index (χ3v) is 4.83. The molecule has 1 aliphatic rings. The van der Waals surface area contributed by atoms with Gasteiger partial charge in [-0.3, -0.25) is 10.0 Å². The van der Waals surface area contributed by atoms with E-state index in [1.54, 1.807) is 12.3 Å². The summed E-state index contributed by atoms with van der Waals surface area (Å²) >= 11 is 0. The summed E-state index contributed by atoms with van der Waals surface area (Å²) in [5, 5.41) is 24.7. The molecule has 4 N–H and O–H groups in total. The third kappa shape index (κ3) is 7.13. The number of hydrogen-bond donors (Lipinski definition) is 4. The Bertz CT molecular complexity index is 520. The second-order valence-electron chi connectivity index (χ2n) is 6.98. The van der Waals surface area contributed by atoms with Crippen molar-refractivity contribution in [2.24, 2.45) is 5.92 Å². The smallest absolute Gasteiger partial charge is 0.373 e. The van der Waals surface area contributed by atoms with Gasteiger partial charge < -0.3 is 14.8 Å². The van der Waals surface area contributed by atoms with Gasteiger partial charge in [0.25, 0.3) is 0 Å². The maximum Gasteiger partial charge on any atom is 0.373 e. The molecule has 1 atom stereocenters. The molecule has 0 spiro atoms. The van der Waals surface area contributed by atoms with E-state index in [1.807, 2.05) is 0 Å². The van der Waals surface area contributed by atoms with E-state index in [2.05, 4.69) is 15.4 Å². The normalized spacial score (nSPS) is 16.6. The van der Waals surface area contributed by atoms with Crippen molar-refractivity contribution in [1.29, 1.82) is 0 Å². The number of carbonyl (C=O) groups is 1. The molecule has 25 heavy (non-hydrogen) atoms. The molecule has 140 valence electrons. The van der Waals surface area contributed by atoms with Crippen molar-refractivity contribution in [3.8, 4) is 0 Å². The number of rotatable bonds is 10. The average Bonchev–Trinajstić information content (AvgIpc) is 3.08. The summed E-state index contributed by atoms with van der Waals surface area (Å²) < 4.78 is 5.30. The van der Waals surface area contributed by atoms with Gasteiger partial charge in [0, 0.05) is 12.3 Å². The van der Waals surface area contributed by atoms with Crippen molar-refractivity contribution in [2.45, 2.75) is 77.1 Å². The highest BCUT2D eigenvalue weighted by Crippen LogP contribution is 2.31. The molecule has 9 heteroatoms. The Balaban J connectivity index is 1.89. The van der Waals surface area contributed by atoms with Crippen molar-refractivity contribution in [3.63, 3.8) is 0 Å². The largest absolute Gasteiger partial charge is 0.437 e. The van der Waals surface area contributed by atoms with Crippen LogP contribution in [0.2, 0.25) is 6.82 Å². The van der Waals surface area contributed by atoms with Crippen molar-refractivity contribution >= 4 is 13.0 Å². The van der Waals surface area contributed by atoms with Crippen LogP contribution in [0, 0.1) is 5.92 Å². The summed E-state index contributed by atoms with van der Waals surface area (Å²) in [6.45, 7) is 1.91. The number of hydrogen-bond acceptors (Lipinski definition) is 7. The molecule has 1 aromatic rings. The van der Waals surface area contributed by atoms with Gasteiger partial charge in [-0.05, 0) is 19.2 Å². The molecule has 1 saturated carbocycles. The first-order valence-electron chi connectivity index (χ1n) is 9.25. The molecule has 1 amide bonds. The molecular formula is C16H29BN4O4. The van der Waals surface area contributed by atoms with Crippen LogP contribution in [-0.2, 0) is 11.3 Å². The van der Waals surface area contributed by atoms with Gasteiger partial charge in [-0.15, -0.1) is 0 Å². The highest BCUT2D eigenvalue weighted by atomic mass is 16.5. The maximum atomic E-state index is 11.6. The fourth-order valence-corrected chi connectivity index (χ4v) is 3.46. The van der Waals surface area contributed by atoms with Crippen LogP contribution in [0.15, 0.2) is 4.52 Å². The van der Waals surface area contributed by atoms with Gasteiger partial charge in [-0.1, -0.05) is 50.1 Å². The Kier molecular flexibility index (Phi) is 8.37. The van der Waals surface area contributed by atoms with Crippen LogP contribution in [0.1, 0.15) is 75.4 Å². The van der Waals surface area contributed by atoms with Gasteiger partial charge in [-0.2, -0.15) is 4.98 Å². The molecule has 0 aliphatic heterocycles. The van der Waals surface area contributed by atoms with Crippen molar-refractivity contribution in [2.75, 3.05) is 0 Å². The Morgan fingerprint density at radius 3 is 2.84 bits per heavy atom. The van der Waals surface area contributed by atoms with Crippen molar-refractivity contribution < 1.29 is 19.5 Å². The van der Waals surface area contributed by atoms with Crippen LogP contribution >= 0.6 is 0 Å². The lowest BCUT2D eigenvalue weighted by Gasteiger charge is -2.22. The fourth-order valence-electron chi connectivity index (χ4n) is 3.46. The van der Waals surface area contributed by atoms with E-state index in [1.165, 1.54) is 32.1 Å². The van der Waals surface area contributed by atoms with E-state index in [0.717, 1.165) is 25.2 Å². The molecule has 1 aliphatic carbocycles. The van der Waals surface area contributed by atoms with Gasteiger partial charge in [0.2, 0.25) is 11.8 Å². The van der Waals surface area contributed by atoms with Gasteiger partial charge in [0.15, 0.2) is 5.82 Å². The second-order valence-corrected chi connectivity index (χ2v) is 6.98. The topological polar surface area (TPSA) is 121 Å². The molecule has 0 aromatic carbocycles. The van der Waals surface area contributed by atoms with E-state index in [4.69, 9.17) is 9.73 Å². The zero-order chi connectivity index (χ0) is 18.1. The number of aromatic nitrogens is 2. The molecule has 1 heterocycles. The van der Waals surface area contributed by atoms with E-state index in [0.29, 0.717) is 18.3 Å². The summed E-state index contributed by atoms with van der Waals surface area (Å²) in [7, 11) is -0.659. The number of carbonyl (C=O) groups excluding carboxylic acids is 1. The van der Waals surface area contributed by atoms with Crippen LogP contribution in [0.25, 0.3) is 0 Å². The number of hydroxylamine groups is 1. The van der Waals surface area contributed by atoms with Gasteiger partial charge in [0.05, 0.1) is 6.54 Å². The molecule has 0 saturated heterocycles. The van der Waals surface area contributed by atoms with Gasteiger partial charge in [0.1, 0.15) is 0 Å². The van der Waals surface area contributed by atoms with Crippen molar-refractivity contribution in [3.05, 3.63) is 11.7 Å². The lowest BCUT2D eigenvalue weighted by Crippen LogP contribution is -2.30. The highest BCUT2D eigenvalue weighted by Gasteiger charge is 2.23. The van der Waals surface area contributed by atoms with Crippen LogP contribution in [0.5, 0.6) is 0 Å². The highest BCUT2D eigenvalue weighted by molar-refractivity contribution is 6.45. The predicted molar refractivity (Wildman–Crippen MR) is 92.7 cm³/mol. The zero-order valence-corrected chi connectivity index (χ0v) is 14.9. The molecule has 2 rings (SSSR count). The first kappa shape index (κ1) is 19.9. The molecule has 8 nitrogen and oxygen atoms in total. The van der Waals surface area contributed by atoms with Crippen LogP contribution in [-0.4, -0.2) is 33.3 Å². The Labute approximate surface area is 148 Å². The van der Waals surface area contributed by atoms with Crippen LogP contribution in [0.3, 0.4) is 0 Å². The number of nitrogens with one attached hydrogen (secondary N) is 2. The van der Waals surface area contributed by atoms with E-state index in [9.17, 15) is 9.82 Å². The third-order valence-electron chi connectivity index (χ3n) is 4.83. The van der Waals surface area contributed by atoms with E-state index in [-0.39, 0.29) is 12.3 Å². The summed E-state index contributed by atoms with van der Waals surface area (Å²) in [5.74, 6) is 0.981. The van der Waals surface area contributed by atoms with E-state index < -0.39 is 13.0 Å². The first-order valence-corrected chi connectivity index (χ1v) is 9.25. The zero-order valence-electron chi connectivity index (χ0n) is 14.9. The molecule has 0 radical (unpaired) electrons. The van der Waals surface area contributed by atoms with E-state index >= 15 is 0 Å². The van der Waals surface area contributed by atoms with Crippen molar-refractivity contribution in [1.82, 2.24) is 20.8 Å². The fraction of sp³-hybridized carbons (Fsp3) is 0.812. The minimum absolute atomic E-state index is 0.118. The first-order chi connectivity index (χ1) is 12.1. The molecule has 1 fully saturated rings. The Morgan fingerprint density at radius 1 is 1.40 bits per heavy atom. The lowest BCUT2D eigenvalue weighted by molar-refractivity contribution is -0.129. The minimum atomic E-state index is -0.659. The molecule has 0 bridgehead atoms. The molecular weight excluding hydrogens is 323 g/mol. The van der Waals surface area contributed by atoms with Crippen LogP contribution in [0.4, 0.5) is 0 Å². The Hall–Kier alpha value is -1.45. The summed E-state index contributed by atoms with van der Waals surface area (Å²) in [6, 6.07) is 0. The minimum Gasteiger partial charge on any atom is -0.437 e. The van der Waals surface area contributed by atoms with Gasteiger partial charge in [-0.25, -0.2) is 5.48 Å². The average molecular weight is 352 g/mol. The summed E-state index contributed by atoms with van der Waals surface area (Å²) in [5.41, 5.74) is 1.68. The summed E-state index contributed by atoms with van der Waals surface area (Å²) in [4.78, 5) is 15.9. The van der Waals surface area contributed by atoms with Gasteiger partial charge >= 0.3 is 7.05 Å². The number of nitrogens with zero attached hydrogens (tertiary/aromatic N) is 2. The summed E-state index contributed by atoms with van der Waals surface area (Å²) in [6.07, 6.45) is 9.65. The maximum absolute atomic E-state index is 11.6. The SMILES string of the molecule is CB(O)NCc1noc([C@H](CCCC2CCCCC2)CC(=O)NO)n1. The van der Waals surface area contributed by atoms with Crippen LogP contribution < -0.4 is 10.7 Å². The monoisotopic (exact) mass is 352 g/mol.